The fourth-order valence-corrected chi connectivity index (χ4v) is 3.20. The predicted octanol–water partition coefficient (Wildman–Crippen LogP) is 4.13. The first-order valence-corrected chi connectivity index (χ1v) is 7.94. The van der Waals surface area contributed by atoms with Crippen LogP contribution in [0.2, 0.25) is 0 Å². The van der Waals surface area contributed by atoms with E-state index in [-0.39, 0.29) is 11.9 Å². The van der Waals surface area contributed by atoms with Crippen molar-refractivity contribution in [1.82, 2.24) is 5.32 Å². The summed E-state index contributed by atoms with van der Waals surface area (Å²) in [4.78, 5) is 2.35. The molecular formula is C17H18BrFN2. The van der Waals surface area contributed by atoms with Gasteiger partial charge in [-0.2, -0.15) is 0 Å². The maximum absolute atomic E-state index is 13.5. The minimum atomic E-state index is -0.224. The van der Waals surface area contributed by atoms with Crippen LogP contribution in [0.1, 0.15) is 18.5 Å². The predicted molar refractivity (Wildman–Crippen MR) is 88.1 cm³/mol. The summed E-state index contributed by atoms with van der Waals surface area (Å²) in [7, 11) is 0. The minimum Gasteiger partial charge on any atom is -0.362 e. The van der Waals surface area contributed by atoms with Crippen LogP contribution in [0.15, 0.2) is 53.0 Å². The van der Waals surface area contributed by atoms with Crippen LogP contribution in [0.5, 0.6) is 0 Å². The van der Waals surface area contributed by atoms with Gasteiger partial charge in [-0.15, -0.1) is 0 Å². The average Bonchev–Trinajstić information content (AvgIpc) is 2.51. The summed E-state index contributed by atoms with van der Waals surface area (Å²) in [5.41, 5.74) is 2.32. The molecule has 0 spiro atoms. The molecule has 1 saturated heterocycles. The van der Waals surface area contributed by atoms with Crippen LogP contribution in [0.25, 0.3) is 0 Å². The molecule has 0 bridgehead atoms. The Morgan fingerprint density at radius 3 is 2.67 bits per heavy atom. The molecule has 1 N–H and O–H groups in total. The molecule has 2 nitrogen and oxygen atoms in total. The number of nitrogens with one attached hydrogen (secondary N) is 1. The van der Waals surface area contributed by atoms with Gasteiger partial charge in [-0.1, -0.05) is 30.3 Å². The molecule has 0 aromatic heterocycles. The van der Waals surface area contributed by atoms with Gasteiger partial charge in [-0.3, -0.25) is 0 Å². The van der Waals surface area contributed by atoms with Crippen LogP contribution in [-0.4, -0.2) is 19.1 Å². The number of rotatable bonds is 2. The highest BCUT2D eigenvalue weighted by atomic mass is 79.9. The zero-order valence-corrected chi connectivity index (χ0v) is 13.5. The fraction of sp³-hybridized carbons (Fsp3) is 0.294. The van der Waals surface area contributed by atoms with E-state index < -0.39 is 0 Å². The highest BCUT2D eigenvalue weighted by molar-refractivity contribution is 9.10. The standard InChI is InChI=1S/C17H18BrFN2/c1-12-11-21(14-7-8-16(19)15(18)9-14)17(10-20-12)13-5-3-2-4-6-13/h2-9,12,17,20H,10-11H2,1H3. The fourth-order valence-electron chi connectivity index (χ4n) is 2.83. The maximum atomic E-state index is 13.5. The third-order valence-electron chi connectivity index (χ3n) is 3.93. The molecule has 0 radical (unpaired) electrons. The second-order valence-electron chi connectivity index (χ2n) is 5.49. The SMILES string of the molecule is CC1CN(c2ccc(F)c(Br)c2)C(c2ccccc2)CN1. The van der Waals surface area contributed by atoms with Crippen molar-refractivity contribution in [2.24, 2.45) is 0 Å². The van der Waals surface area contributed by atoms with Crippen LogP contribution in [-0.2, 0) is 0 Å². The maximum Gasteiger partial charge on any atom is 0.137 e. The lowest BCUT2D eigenvalue weighted by Gasteiger charge is -2.41. The third-order valence-corrected chi connectivity index (χ3v) is 4.53. The topological polar surface area (TPSA) is 15.3 Å². The number of nitrogens with zero attached hydrogens (tertiary/aromatic N) is 1. The zero-order valence-electron chi connectivity index (χ0n) is 11.9. The van der Waals surface area contributed by atoms with Gasteiger partial charge in [0.25, 0.3) is 0 Å². The Morgan fingerprint density at radius 1 is 1.19 bits per heavy atom. The quantitative estimate of drug-likeness (QED) is 0.877. The van der Waals surface area contributed by atoms with E-state index in [9.17, 15) is 4.39 Å². The van der Waals surface area contributed by atoms with E-state index in [0.717, 1.165) is 18.8 Å². The summed E-state index contributed by atoms with van der Waals surface area (Å²) in [5, 5.41) is 3.53. The van der Waals surface area contributed by atoms with Gasteiger partial charge >= 0.3 is 0 Å². The van der Waals surface area contributed by atoms with Gasteiger partial charge in [0.05, 0.1) is 10.5 Å². The summed E-state index contributed by atoms with van der Waals surface area (Å²) in [6.07, 6.45) is 0. The summed E-state index contributed by atoms with van der Waals surface area (Å²) in [6.45, 7) is 3.96. The lowest BCUT2D eigenvalue weighted by Crippen LogP contribution is -2.51. The largest absolute Gasteiger partial charge is 0.362 e. The lowest BCUT2D eigenvalue weighted by molar-refractivity contribution is 0.416. The van der Waals surface area contributed by atoms with Crippen LogP contribution >= 0.6 is 15.9 Å². The van der Waals surface area contributed by atoms with Gasteiger partial charge in [-0.05, 0) is 46.6 Å². The summed E-state index contributed by atoms with van der Waals surface area (Å²) < 4.78 is 14.0. The first kappa shape index (κ1) is 14.5. The Morgan fingerprint density at radius 2 is 1.95 bits per heavy atom. The molecule has 0 saturated carbocycles. The molecule has 2 unspecified atom stereocenters. The highest BCUT2D eigenvalue weighted by Crippen LogP contribution is 2.31. The lowest BCUT2D eigenvalue weighted by atomic mass is 10.0. The highest BCUT2D eigenvalue weighted by Gasteiger charge is 2.27. The van der Waals surface area contributed by atoms with Crippen molar-refractivity contribution in [2.75, 3.05) is 18.0 Å². The number of hydrogen-bond acceptors (Lipinski definition) is 2. The zero-order chi connectivity index (χ0) is 14.8. The molecule has 2 atom stereocenters. The molecule has 21 heavy (non-hydrogen) atoms. The van der Waals surface area contributed by atoms with E-state index in [1.54, 1.807) is 0 Å². The second kappa shape index (κ2) is 6.16. The molecule has 0 aliphatic carbocycles. The van der Waals surface area contributed by atoms with Crippen molar-refractivity contribution in [1.29, 1.82) is 0 Å². The number of piperazine rings is 1. The van der Waals surface area contributed by atoms with E-state index in [4.69, 9.17) is 0 Å². The number of halogens is 2. The Hall–Kier alpha value is -1.39. The van der Waals surface area contributed by atoms with Gasteiger partial charge in [0.1, 0.15) is 5.82 Å². The Balaban J connectivity index is 1.96. The molecule has 3 rings (SSSR count). The first-order chi connectivity index (χ1) is 10.1. The normalized spacial score (nSPS) is 22.3. The van der Waals surface area contributed by atoms with Crippen molar-refractivity contribution < 1.29 is 4.39 Å². The van der Waals surface area contributed by atoms with E-state index in [1.165, 1.54) is 11.6 Å². The molecule has 2 aromatic rings. The van der Waals surface area contributed by atoms with Crippen LogP contribution in [0, 0.1) is 5.82 Å². The molecule has 110 valence electrons. The molecule has 0 amide bonds. The van der Waals surface area contributed by atoms with Crippen LogP contribution in [0.3, 0.4) is 0 Å². The summed E-state index contributed by atoms with van der Waals surface area (Å²) >= 11 is 3.29. The number of benzene rings is 2. The third kappa shape index (κ3) is 3.11. The van der Waals surface area contributed by atoms with Crippen molar-refractivity contribution in [2.45, 2.75) is 19.0 Å². The van der Waals surface area contributed by atoms with Crippen LogP contribution < -0.4 is 10.2 Å². The smallest absolute Gasteiger partial charge is 0.137 e. The van der Waals surface area contributed by atoms with Crippen molar-refractivity contribution in [3.63, 3.8) is 0 Å². The number of hydrogen-bond donors (Lipinski definition) is 1. The monoisotopic (exact) mass is 348 g/mol. The molecule has 1 fully saturated rings. The van der Waals surface area contributed by atoms with Gasteiger partial charge < -0.3 is 10.2 Å². The molecule has 1 heterocycles. The van der Waals surface area contributed by atoms with E-state index >= 15 is 0 Å². The van der Waals surface area contributed by atoms with E-state index in [0.29, 0.717) is 10.5 Å². The van der Waals surface area contributed by atoms with Gasteiger partial charge in [0.15, 0.2) is 0 Å². The van der Waals surface area contributed by atoms with Crippen LogP contribution in [0.4, 0.5) is 10.1 Å². The Bertz CT molecular complexity index is 617. The van der Waals surface area contributed by atoms with E-state index in [1.807, 2.05) is 18.2 Å². The Kier molecular flexibility index (Phi) is 4.27. The van der Waals surface area contributed by atoms with Gasteiger partial charge in [-0.25, -0.2) is 4.39 Å². The molecule has 1 aliphatic rings. The van der Waals surface area contributed by atoms with Gasteiger partial charge in [0.2, 0.25) is 0 Å². The summed E-state index contributed by atoms with van der Waals surface area (Å²) in [5.74, 6) is -0.224. The molecule has 1 aliphatic heterocycles. The van der Waals surface area contributed by atoms with Crippen molar-refractivity contribution in [3.8, 4) is 0 Å². The first-order valence-electron chi connectivity index (χ1n) is 7.15. The van der Waals surface area contributed by atoms with Crippen molar-refractivity contribution >= 4 is 21.6 Å². The molecular weight excluding hydrogens is 331 g/mol. The number of anilines is 1. The minimum absolute atomic E-state index is 0.224. The van der Waals surface area contributed by atoms with Gasteiger partial charge in [0, 0.05) is 24.8 Å². The second-order valence-corrected chi connectivity index (χ2v) is 6.34. The summed E-state index contributed by atoms with van der Waals surface area (Å²) in [6, 6.07) is 16.4. The molecule has 4 heteroatoms. The average molecular weight is 349 g/mol. The Labute approximate surface area is 133 Å². The van der Waals surface area contributed by atoms with Crippen molar-refractivity contribution in [3.05, 3.63) is 64.4 Å². The molecule has 2 aromatic carbocycles. The van der Waals surface area contributed by atoms with E-state index in [2.05, 4.69) is 57.3 Å².